The SMILES string of the molecule is CC1=C2C(=O)N3Cc4c(nc5ccccc5c4OS(=O)(=O)C(F)(F)F)[C@@H]3C[C@@H]2CCO1. The molecule has 5 rings (SSSR count). The van der Waals surface area contributed by atoms with E-state index in [9.17, 15) is 26.4 Å². The van der Waals surface area contributed by atoms with Crippen molar-refractivity contribution in [3.63, 3.8) is 0 Å². The van der Waals surface area contributed by atoms with Crippen molar-refractivity contribution >= 4 is 26.9 Å². The van der Waals surface area contributed by atoms with Gasteiger partial charge in [-0.2, -0.15) is 21.6 Å². The number of halogens is 3. The molecule has 0 aliphatic carbocycles. The highest BCUT2D eigenvalue weighted by Gasteiger charge is 2.51. The van der Waals surface area contributed by atoms with E-state index in [4.69, 9.17) is 4.74 Å². The van der Waals surface area contributed by atoms with Crippen molar-refractivity contribution in [2.24, 2.45) is 5.92 Å². The number of pyridine rings is 1. The molecule has 31 heavy (non-hydrogen) atoms. The Kier molecular flexibility index (Phi) is 4.27. The van der Waals surface area contributed by atoms with Gasteiger partial charge in [-0.15, -0.1) is 0 Å². The van der Waals surface area contributed by atoms with Crippen molar-refractivity contribution in [1.82, 2.24) is 9.88 Å². The van der Waals surface area contributed by atoms with Crippen LogP contribution in [0.5, 0.6) is 5.75 Å². The van der Waals surface area contributed by atoms with Crippen LogP contribution in [0.1, 0.15) is 37.1 Å². The number of benzene rings is 1. The monoisotopic (exact) mass is 454 g/mol. The maximum atomic E-state index is 13.2. The highest BCUT2D eigenvalue weighted by molar-refractivity contribution is 7.88. The van der Waals surface area contributed by atoms with Crippen LogP contribution in [0.15, 0.2) is 35.6 Å². The zero-order chi connectivity index (χ0) is 22.1. The van der Waals surface area contributed by atoms with Crippen LogP contribution in [0.2, 0.25) is 0 Å². The zero-order valence-corrected chi connectivity index (χ0v) is 17.1. The third kappa shape index (κ3) is 2.97. The van der Waals surface area contributed by atoms with Crippen LogP contribution in [0, 0.1) is 5.92 Å². The Hall–Kier alpha value is -2.82. The molecule has 1 aromatic heterocycles. The molecule has 7 nitrogen and oxygen atoms in total. The van der Waals surface area contributed by atoms with Crippen LogP contribution < -0.4 is 4.18 Å². The number of carbonyl (C=O) groups excluding carboxylic acids is 1. The fraction of sp³-hybridized carbons (Fsp3) is 0.400. The van der Waals surface area contributed by atoms with Gasteiger partial charge in [0.25, 0.3) is 5.91 Å². The molecule has 1 amide bonds. The summed E-state index contributed by atoms with van der Waals surface area (Å²) in [6.07, 6.45) is 1.18. The van der Waals surface area contributed by atoms with E-state index >= 15 is 0 Å². The average molecular weight is 454 g/mol. The summed E-state index contributed by atoms with van der Waals surface area (Å²) in [4.78, 5) is 19.3. The Balaban J connectivity index is 1.68. The Morgan fingerprint density at radius 1 is 1.26 bits per heavy atom. The van der Waals surface area contributed by atoms with E-state index in [1.807, 2.05) is 0 Å². The fourth-order valence-electron chi connectivity index (χ4n) is 4.65. The van der Waals surface area contributed by atoms with E-state index in [2.05, 4.69) is 9.17 Å². The van der Waals surface area contributed by atoms with Gasteiger partial charge >= 0.3 is 15.6 Å². The predicted octanol–water partition coefficient (Wildman–Crippen LogP) is 3.56. The van der Waals surface area contributed by atoms with Gasteiger partial charge in [-0.05, 0) is 37.8 Å². The molecule has 164 valence electrons. The van der Waals surface area contributed by atoms with E-state index in [0.29, 0.717) is 42.0 Å². The minimum Gasteiger partial charge on any atom is -0.498 e. The van der Waals surface area contributed by atoms with Crippen LogP contribution in [0.4, 0.5) is 13.2 Å². The second kappa shape index (κ2) is 6.59. The number of allylic oxidation sites excluding steroid dienone is 1. The summed E-state index contributed by atoms with van der Waals surface area (Å²) in [6.45, 7) is 2.11. The Labute approximate surface area is 175 Å². The molecule has 4 heterocycles. The number of aromatic nitrogens is 1. The molecule has 0 bridgehead atoms. The van der Waals surface area contributed by atoms with E-state index in [1.54, 1.807) is 25.1 Å². The maximum Gasteiger partial charge on any atom is 0.534 e. The summed E-state index contributed by atoms with van der Waals surface area (Å²) in [5.74, 6) is -0.204. The number of amides is 1. The second-order valence-corrected chi connectivity index (χ2v) is 9.33. The minimum atomic E-state index is -5.90. The van der Waals surface area contributed by atoms with Gasteiger partial charge in [0.1, 0.15) is 5.76 Å². The number of carbonyl (C=O) groups is 1. The lowest BCUT2D eigenvalue weighted by Crippen LogP contribution is -2.41. The second-order valence-electron chi connectivity index (χ2n) is 7.79. The predicted molar refractivity (Wildman–Crippen MR) is 102 cm³/mol. The maximum absolute atomic E-state index is 13.2. The van der Waals surface area contributed by atoms with Crippen molar-refractivity contribution in [1.29, 1.82) is 0 Å². The molecule has 11 heteroatoms. The molecule has 0 spiro atoms. The topological polar surface area (TPSA) is 85.8 Å². The highest BCUT2D eigenvalue weighted by Crippen LogP contribution is 2.50. The summed E-state index contributed by atoms with van der Waals surface area (Å²) < 4.78 is 73.0. The summed E-state index contributed by atoms with van der Waals surface area (Å²) in [7, 11) is -5.90. The van der Waals surface area contributed by atoms with Crippen molar-refractivity contribution in [2.75, 3.05) is 6.61 Å². The number of nitrogens with zero attached hydrogens (tertiary/aromatic N) is 2. The summed E-state index contributed by atoms with van der Waals surface area (Å²) >= 11 is 0. The quantitative estimate of drug-likeness (QED) is 0.510. The molecule has 3 aliphatic rings. The van der Waals surface area contributed by atoms with Crippen LogP contribution >= 0.6 is 0 Å². The molecule has 1 fully saturated rings. The van der Waals surface area contributed by atoms with Crippen molar-refractivity contribution < 1.29 is 35.3 Å². The number of para-hydroxylation sites is 1. The smallest absolute Gasteiger partial charge is 0.498 e. The zero-order valence-electron chi connectivity index (χ0n) is 16.3. The first-order valence-corrected chi connectivity index (χ1v) is 11.1. The van der Waals surface area contributed by atoms with Gasteiger partial charge in [0.2, 0.25) is 0 Å². The Morgan fingerprint density at radius 3 is 2.74 bits per heavy atom. The molecule has 2 atom stereocenters. The highest BCUT2D eigenvalue weighted by atomic mass is 32.2. The number of alkyl halides is 3. The molecule has 1 saturated heterocycles. The number of hydrogen-bond acceptors (Lipinski definition) is 6. The third-order valence-electron chi connectivity index (χ3n) is 6.04. The summed E-state index contributed by atoms with van der Waals surface area (Å²) in [5, 5.41) is 0.137. The van der Waals surface area contributed by atoms with Gasteiger partial charge in [0.15, 0.2) is 5.75 Å². The minimum absolute atomic E-state index is 0.0509. The Morgan fingerprint density at radius 2 is 2.00 bits per heavy atom. The van der Waals surface area contributed by atoms with Crippen LogP contribution in [0.3, 0.4) is 0 Å². The summed E-state index contributed by atoms with van der Waals surface area (Å²) in [6, 6.07) is 5.74. The molecule has 3 aliphatic heterocycles. The lowest BCUT2D eigenvalue weighted by molar-refractivity contribution is -0.133. The largest absolute Gasteiger partial charge is 0.534 e. The van der Waals surface area contributed by atoms with Crippen LogP contribution in [-0.2, 0) is 26.2 Å². The lowest BCUT2D eigenvalue weighted by Gasteiger charge is -2.39. The molecular weight excluding hydrogens is 437 g/mol. The first-order chi connectivity index (χ1) is 14.6. The van der Waals surface area contributed by atoms with Crippen LogP contribution in [-0.4, -0.2) is 36.3 Å². The fourth-order valence-corrected chi connectivity index (χ4v) is 5.15. The average Bonchev–Trinajstić information content (AvgIpc) is 3.06. The molecular formula is C20H17F3N2O5S. The molecule has 2 aromatic rings. The summed E-state index contributed by atoms with van der Waals surface area (Å²) in [5.41, 5.74) is -4.16. The number of piperidine rings is 1. The van der Waals surface area contributed by atoms with E-state index < -0.39 is 27.4 Å². The molecule has 1 aromatic carbocycles. The lowest BCUT2D eigenvalue weighted by atomic mass is 9.82. The van der Waals surface area contributed by atoms with Gasteiger partial charge in [-0.3, -0.25) is 4.79 Å². The molecule has 0 radical (unpaired) electrons. The molecule has 0 unspecified atom stereocenters. The first-order valence-electron chi connectivity index (χ1n) is 9.65. The first kappa shape index (κ1) is 20.1. The van der Waals surface area contributed by atoms with Crippen molar-refractivity contribution in [3.05, 3.63) is 46.9 Å². The number of rotatable bonds is 2. The van der Waals surface area contributed by atoms with Gasteiger partial charge in [0.05, 0.1) is 36.0 Å². The van der Waals surface area contributed by atoms with Crippen molar-refractivity contribution in [3.8, 4) is 5.75 Å². The van der Waals surface area contributed by atoms with Gasteiger partial charge in [-0.25, -0.2) is 4.98 Å². The number of ether oxygens (including phenoxy) is 1. The van der Waals surface area contributed by atoms with E-state index in [0.717, 1.165) is 0 Å². The van der Waals surface area contributed by atoms with Crippen LogP contribution in [0.25, 0.3) is 10.9 Å². The molecule has 0 saturated carbocycles. The third-order valence-corrected chi connectivity index (χ3v) is 6.99. The van der Waals surface area contributed by atoms with Gasteiger partial charge in [-0.1, -0.05) is 12.1 Å². The number of fused-ring (bicyclic) bond motifs is 5. The van der Waals surface area contributed by atoms with Crippen molar-refractivity contribution in [2.45, 2.75) is 37.9 Å². The van der Waals surface area contributed by atoms with Gasteiger partial charge in [0, 0.05) is 10.9 Å². The van der Waals surface area contributed by atoms with Gasteiger partial charge < -0.3 is 13.8 Å². The normalized spacial score (nSPS) is 23.4. The Bertz CT molecular complexity index is 1260. The van der Waals surface area contributed by atoms with E-state index in [-0.39, 0.29) is 29.3 Å². The molecule has 0 N–H and O–H groups in total. The van der Waals surface area contributed by atoms with E-state index in [1.165, 1.54) is 11.0 Å². The standard InChI is InChI=1S/C20H17F3N2O5S/c1-10-16-11(6-7-29-10)8-15-17-13(9-25(15)19(16)26)18(30-31(27,28)20(21,22)23)12-4-2-3-5-14(12)24-17/h2-5,11,15H,6-9H2,1H3/t11-,15-/m0/s1. The number of hydrogen-bond donors (Lipinski definition) is 0.